The van der Waals surface area contributed by atoms with Crippen molar-refractivity contribution < 1.29 is 9.08 Å². The molecule has 0 fully saturated rings. The van der Waals surface area contributed by atoms with Gasteiger partial charge in [-0.15, -0.1) is 0 Å². The van der Waals surface area contributed by atoms with Gasteiger partial charge >= 0.3 is 0 Å². The highest BCUT2D eigenvalue weighted by molar-refractivity contribution is 8.25. The van der Waals surface area contributed by atoms with Gasteiger partial charge in [0, 0.05) is 35.9 Å². The number of hydrogen-bond acceptors (Lipinski definition) is 8. The van der Waals surface area contributed by atoms with Crippen molar-refractivity contribution in [3.05, 3.63) is 0 Å². The van der Waals surface area contributed by atoms with E-state index in [1.807, 2.05) is 20.1 Å². The molecular weight excluding hydrogens is 426 g/mol. The molecule has 1 amide bonds. The molecule has 4 atom stereocenters. The largest absolute Gasteiger partial charge is 0.321 e. The summed E-state index contributed by atoms with van der Waals surface area (Å²) in [4.78, 5) is 11.5. The number of hydrogen-bond donors (Lipinski definition) is 3. The van der Waals surface area contributed by atoms with Crippen LogP contribution in [0.1, 0.15) is 60.3 Å². The zero-order chi connectivity index (χ0) is 22.2. The molecule has 0 saturated carbocycles. The highest BCUT2D eigenvalue weighted by Crippen LogP contribution is 2.18. The summed E-state index contributed by atoms with van der Waals surface area (Å²) in [5.41, 5.74) is 5.64. The Morgan fingerprint density at radius 1 is 1.07 bits per heavy atom. The summed E-state index contributed by atoms with van der Waals surface area (Å²) in [6, 6.07) is 0.297. The van der Waals surface area contributed by atoms with Gasteiger partial charge in [-0.2, -0.15) is 22.8 Å². The van der Waals surface area contributed by atoms with Crippen LogP contribution in [0.25, 0.3) is 0 Å². The second-order valence-electron chi connectivity index (χ2n) is 7.66. The standard InChI is InChI=1S/C19H37N5O2S3/c1-14(2)19(25)24-20-11-16(5)7-8-17(12-21-23-15(3)4)9-10-18(27)13-22-26-29(6)28/h11-18,23,27H,7-10H2,1-6H3,(H,24,25)/b20-11+,21-12?,22-13+. The molecule has 10 heteroatoms. The van der Waals surface area contributed by atoms with Gasteiger partial charge in [-0.05, 0) is 62.6 Å². The monoisotopic (exact) mass is 463 g/mol. The van der Waals surface area contributed by atoms with Crippen molar-refractivity contribution in [2.24, 2.45) is 33.1 Å². The van der Waals surface area contributed by atoms with Crippen molar-refractivity contribution in [2.45, 2.75) is 71.6 Å². The average Bonchev–Trinajstić information content (AvgIpc) is 2.62. The van der Waals surface area contributed by atoms with Gasteiger partial charge < -0.3 is 9.71 Å². The van der Waals surface area contributed by atoms with Crippen molar-refractivity contribution in [2.75, 3.05) is 6.26 Å². The van der Waals surface area contributed by atoms with Crippen LogP contribution in [0, 0.1) is 17.8 Å². The topological polar surface area (TPSA) is 87.4 Å². The molecule has 7 nitrogen and oxygen atoms in total. The second-order valence-corrected chi connectivity index (χ2v) is 10.7. The molecule has 0 aliphatic carbocycles. The van der Waals surface area contributed by atoms with Crippen LogP contribution in [-0.2, 0) is 30.0 Å². The smallest absolute Gasteiger partial charge is 0.242 e. The van der Waals surface area contributed by atoms with Gasteiger partial charge in [-0.25, -0.2) is 5.43 Å². The third-order valence-corrected chi connectivity index (χ3v) is 4.72. The molecule has 0 saturated heterocycles. The van der Waals surface area contributed by atoms with E-state index in [0.29, 0.717) is 12.0 Å². The van der Waals surface area contributed by atoms with Crippen LogP contribution in [0.3, 0.4) is 0 Å². The van der Waals surface area contributed by atoms with E-state index < -0.39 is 9.74 Å². The maximum Gasteiger partial charge on any atom is 0.242 e. The number of nitrogens with one attached hydrogen (secondary N) is 2. The third kappa shape index (κ3) is 17.6. The Morgan fingerprint density at radius 3 is 2.31 bits per heavy atom. The SMILES string of the molecule is CC(/C=N/NC(=O)C(C)C)CCC(C=NNC(C)C)CCC(S)/C=N/OS(C)=S. The highest BCUT2D eigenvalue weighted by Gasteiger charge is 2.11. The summed E-state index contributed by atoms with van der Waals surface area (Å²) in [5, 5.41) is 12.3. The predicted molar refractivity (Wildman–Crippen MR) is 132 cm³/mol. The van der Waals surface area contributed by atoms with Crippen LogP contribution in [0.15, 0.2) is 15.4 Å². The molecule has 0 radical (unpaired) electrons. The quantitative estimate of drug-likeness (QED) is 0.197. The van der Waals surface area contributed by atoms with Gasteiger partial charge in [0.25, 0.3) is 0 Å². The Balaban J connectivity index is 4.57. The molecule has 0 aromatic carbocycles. The lowest BCUT2D eigenvalue weighted by Gasteiger charge is -2.15. The molecule has 0 aliphatic rings. The molecule has 4 unspecified atom stereocenters. The molecule has 0 bridgehead atoms. The normalized spacial score (nSPS) is 16.6. The predicted octanol–water partition coefficient (Wildman–Crippen LogP) is 3.47. The number of oxime groups is 1. The number of amides is 1. The number of carbonyl (C=O) groups excluding carboxylic acids is 1. The minimum absolute atomic E-state index is 0.00717. The Kier molecular flexibility index (Phi) is 16.2. The first-order chi connectivity index (χ1) is 13.6. The average molecular weight is 464 g/mol. The van der Waals surface area contributed by atoms with Gasteiger partial charge in [-0.1, -0.05) is 25.9 Å². The lowest BCUT2D eigenvalue weighted by Crippen LogP contribution is -2.23. The van der Waals surface area contributed by atoms with Crippen LogP contribution in [0.4, 0.5) is 0 Å². The Labute approximate surface area is 188 Å². The zero-order valence-corrected chi connectivity index (χ0v) is 20.9. The summed E-state index contributed by atoms with van der Waals surface area (Å²) < 4.78 is 5.04. The van der Waals surface area contributed by atoms with Crippen LogP contribution < -0.4 is 10.9 Å². The Hall–Kier alpha value is -1.000. The number of carbonyl (C=O) groups is 1. The van der Waals surface area contributed by atoms with Crippen LogP contribution in [-0.4, -0.2) is 42.1 Å². The van der Waals surface area contributed by atoms with E-state index in [-0.39, 0.29) is 23.0 Å². The molecule has 29 heavy (non-hydrogen) atoms. The van der Waals surface area contributed by atoms with E-state index in [4.69, 9.17) is 15.5 Å². The maximum absolute atomic E-state index is 11.5. The van der Waals surface area contributed by atoms with Crippen molar-refractivity contribution in [3.8, 4) is 0 Å². The molecule has 0 spiro atoms. The van der Waals surface area contributed by atoms with Gasteiger partial charge in [0.2, 0.25) is 5.91 Å². The van der Waals surface area contributed by atoms with E-state index in [0.717, 1.165) is 25.7 Å². The molecule has 0 aliphatic heterocycles. The first-order valence-corrected chi connectivity index (χ1v) is 13.0. The van der Waals surface area contributed by atoms with Gasteiger partial charge in [0.05, 0.1) is 15.9 Å². The summed E-state index contributed by atoms with van der Waals surface area (Å²) >= 11 is 9.47. The lowest BCUT2D eigenvalue weighted by atomic mass is 9.94. The fraction of sp³-hybridized carbons (Fsp3) is 0.789. The molecule has 2 N–H and O–H groups in total. The summed E-state index contributed by atoms with van der Waals surface area (Å²) in [5.74, 6) is 0.419. The summed E-state index contributed by atoms with van der Waals surface area (Å²) in [7, 11) is -0.587. The number of rotatable bonds is 15. The van der Waals surface area contributed by atoms with Gasteiger partial charge in [-0.3, -0.25) is 4.79 Å². The van der Waals surface area contributed by atoms with Crippen molar-refractivity contribution in [1.82, 2.24) is 10.9 Å². The first-order valence-electron chi connectivity index (χ1n) is 9.96. The van der Waals surface area contributed by atoms with Crippen LogP contribution in [0.2, 0.25) is 0 Å². The molecule has 0 rings (SSSR count). The Bertz CT molecular complexity index is 568. The van der Waals surface area contributed by atoms with Crippen molar-refractivity contribution in [1.29, 1.82) is 0 Å². The highest BCUT2D eigenvalue weighted by atomic mass is 32.8. The maximum atomic E-state index is 11.5. The van der Waals surface area contributed by atoms with E-state index in [2.05, 4.69) is 59.6 Å². The second kappa shape index (κ2) is 16.8. The lowest BCUT2D eigenvalue weighted by molar-refractivity contribution is -0.123. The van der Waals surface area contributed by atoms with Crippen LogP contribution in [0.5, 0.6) is 0 Å². The summed E-state index contributed by atoms with van der Waals surface area (Å²) in [6.07, 6.45) is 10.9. The molecular formula is C19H37N5O2S3. The summed E-state index contributed by atoms with van der Waals surface area (Å²) in [6.45, 7) is 9.88. The molecule has 168 valence electrons. The molecule has 0 heterocycles. The first kappa shape index (κ1) is 28.0. The molecule has 0 aromatic heterocycles. The molecule has 0 aromatic rings. The number of hydrazone groups is 2. The van der Waals surface area contributed by atoms with E-state index >= 15 is 0 Å². The number of thiol groups is 1. The van der Waals surface area contributed by atoms with Crippen molar-refractivity contribution >= 4 is 58.1 Å². The van der Waals surface area contributed by atoms with E-state index in [1.165, 1.54) is 0 Å². The minimum atomic E-state index is -0.587. The van der Waals surface area contributed by atoms with Crippen LogP contribution >= 0.6 is 12.6 Å². The fourth-order valence-electron chi connectivity index (χ4n) is 2.11. The third-order valence-electron chi connectivity index (χ3n) is 3.85. The van der Waals surface area contributed by atoms with Gasteiger partial charge in [0.1, 0.15) is 0 Å². The van der Waals surface area contributed by atoms with E-state index in [1.54, 1.807) is 18.7 Å². The fourth-order valence-corrected chi connectivity index (χ4v) is 2.59. The van der Waals surface area contributed by atoms with Crippen molar-refractivity contribution in [3.63, 3.8) is 0 Å². The van der Waals surface area contributed by atoms with E-state index in [9.17, 15) is 4.79 Å². The Morgan fingerprint density at radius 2 is 1.72 bits per heavy atom. The van der Waals surface area contributed by atoms with Gasteiger partial charge in [0.15, 0.2) is 0 Å². The zero-order valence-electron chi connectivity index (χ0n) is 18.4. The minimum Gasteiger partial charge on any atom is -0.321 e. The number of nitrogens with zero attached hydrogens (tertiary/aromatic N) is 3.